The molecule has 0 atom stereocenters. The van der Waals surface area contributed by atoms with E-state index >= 15 is 0 Å². The minimum Gasteiger partial charge on any atom is -0.298 e. The average molecular weight is 234 g/mol. The Balaban J connectivity index is 2.27. The SMILES string of the molecule is Cn1cc(C(=O)C2C(=O)CCCCC2=O)cn1. The standard InChI is InChI=1S/C12H14N2O3/c1-14-7-8(6-13-14)12(17)11-9(15)4-2-3-5-10(11)16/h6-7,11H,2-5H2,1H3. The molecule has 5 heteroatoms. The summed E-state index contributed by atoms with van der Waals surface area (Å²) in [6, 6.07) is 0. The fraction of sp³-hybridized carbons (Fsp3) is 0.500. The van der Waals surface area contributed by atoms with E-state index in [1.807, 2.05) is 0 Å². The molecule has 0 aliphatic heterocycles. The summed E-state index contributed by atoms with van der Waals surface area (Å²) >= 11 is 0. The van der Waals surface area contributed by atoms with Crippen LogP contribution in [0.25, 0.3) is 0 Å². The van der Waals surface area contributed by atoms with Gasteiger partial charge in [0.15, 0.2) is 17.3 Å². The Morgan fingerprint density at radius 3 is 2.35 bits per heavy atom. The number of aromatic nitrogens is 2. The number of hydrogen-bond donors (Lipinski definition) is 0. The highest BCUT2D eigenvalue weighted by Gasteiger charge is 2.35. The third kappa shape index (κ3) is 2.33. The molecular weight excluding hydrogens is 220 g/mol. The Bertz CT molecular complexity index is 458. The molecule has 1 saturated carbocycles. The van der Waals surface area contributed by atoms with Gasteiger partial charge in [-0.2, -0.15) is 5.10 Å². The number of carbonyl (C=O) groups is 3. The maximum atomic E-state index is 12.1. The predicted octanol–water partition coefficient (Wildman–Crippen LogP) is 0.931. The van der Waals surface area contributed by atoms with Crippen LogP contribution in [0, 0.1) is 5.92 Å². The molecule has 1 aromatic rings. The van der Waals surface area contributed by atoms with Gasteiger partial charge >= 0.3 is 0 Å². The quantitative estimate of drug-likeness (QED) is 0.433. The van der Waals surface area contributed by atoms with E-state index in [1.165, 1.54) is 17.1 Å². The second-order valence-corrected chi connectivity index (χ2v) is 4.34. The van der Waals surface area contributed by atoms with Crippen LogP contribution in [0.2, 0.25) is 0 Å². The molecule has 1 fully saturated rings. The van der Waals surface area contributed by atoms with Gasteiger partial charge in [-0.3, -0.25) is 19.1 Å². The number of rotatable bonds is 2. The lowest BCUT2D eigenvalue weighted by molar-refractivity contribution is -0.129. The van der Waals surface area contributed by atoms with Gasteiger partial charge in [-0.15, -0.1) is 0 Å². The average Bonchev–Trinajstić information content (AvgIpc) is 2.64. The molecule has 0 aromatic carbocycles. The zero-order chi connectivity index (χ0) is 12.4. The first kappa shape index (κ1) is 11.7. The number of ketones is 3. The highest BCUT2D eigenvalue weighted by atomic mass is 16.2. The summed E-state index contributed by atoms with van der Waals surface area (Å²) in [5.74, 6) is -2.00. The number of aryl methyl sites for hydroxylation is 1. The zero-order valence-corrected chi connectivity index (χ0v) is 9.68. The minimum absolute atomic E-state index is 0.249. The van der Waals surface area contributed by atoms with Crippen molar-refractivity contribution in [3.63, 3.8) is 0 Å². The molecule has 1 aliphatic carbocycles. The van der Waals surface area contributed by atoms with E-state index in [-0.39, 0.29) is 11.6 Å². The van der Waals surface area contributed by atoms with Crippen molar-refractivity contribution in [2.75, 3.05) is 0 Å². The lowest BCUT2D eigenvalue weighted by atomic mass is 9.90. The summed E-state index contributed by atoms with van der Waals surface area (Å²) in [5.41, 5.74) is 0.334. The van der Waals surface area contributed by atoms with Crippen LogP contribution in [0.3, 0.4) is 0 Å². The molecule has 0 amide bonds. The van der Waals surface area contributed by atoms with Crippen LogP contribution in [-0.2, 0) is 16.6 Å². The van der Waals surface area contributed by atoms with Crippen LogP contribution in [0.1, 0.15) is 36.0 Å². The molecule has 1 heterocycles. The Kier molecular flexibility index (Phi) is 3.17. The minimum atomic E-state index is -1.10. The fourth-order valence-electron chi connectivity index (χ4n) is 2.07. The Hall–Kier alpha value is -1.78. The van der Waals surface area contributed by atoms with E-state index in [0.717, 1.165) is 0 Å². The fourth-order valence-corrected chi connectivity index (χ4v) is 2.07. The maximum Gasteiger partial charge on any atom is 0.183 e. The third-order valence-electron chi connectivity index (χ3n) is 2.99. The van der Waals surface area contributed by atoms with Crippen LogP contribution in [-0.4, -0.2) is 27.1 Å². The number of Topliss-reactive ketones (excluding diaryl/α,β-unsaturated/α-hetero) is 3. The molecular formula is C12H14N2O3. The van der Waals surface area contributed by atoms with E-state index in [1.54, 1.807) is 7.05 Å². The Morgan fingerprint density at radius 1 is 1.29 bits per heavy atom. The topological polar surface area (TPSA) is 69.0 Å². The highest BCUT2D eigenvalue weighted by Crippen LogP contribution is 2.20. The van der Waals surface area contributed by atoms with Gasteiger partial charge in [0.05, 0.1) is 11.8 Å². The molecule has 0 saturated heterocycles. The maximum absolute atomic E-state index is 12.1. The van der Waals surface area contributed by atoms with Gasteiger partial charge in [0.2, 0.25) is 0 Å². The number of carbonyl (C=O) groups excluding carboxylic acids is 3. The van der Waals surface area contributed by atoms with Gasteiger partial charge in [-0.05, 0) is 12.8 Å². The van der Waals surface area contributed by atoms with Crippen LogP contribution in [0.15, 0.2) is 12.4 Å². The summed E-state index contributed by atoms with van der Waals surface area (Å²) in [5, 5.41) is 3.88. The van der Waals surface area contributed by atoms with E-state index in [9.17, 15) is 14.4 Å². The van der Waals surface area contributed by atoms with Gasteiger partial charge < -0.3 is 0 Å². The van der Waals surface area contributed by atoms with Gasteiger partial charge in [0, 0.05) is 26.1 Å². The van der Waals surface area contributed by atoms with Crippen LogP contribution in [0.4, 0.5) is 0 Å². The molecule has 0 unspecified atom stereocenters. The van der Waals surface area contributed by atoms with Crippen molar-refractivity contribution in [1.82, 2.24) is 9.78 Å². The first-order valence-corrected chi connectivity index (χ1v) is 5.68. The molecule has 5 nitrogen and oxygen atoms in total. The smallest absolute Gasteiger partial charge is 0.183 e. The highest BCUT2D eigenvalue weighted by molar-refractivity contribution is 6.24. The van der Waals surface area contributed by atoms with Crippen LogP contribution >= 0.6 is 0 Å². The molecule has 0 N–H and O–H groups in total. The molecule has 17 heavy (non-hydrogen) atoms. The summed E-state index contributed by atoms with van der Waals surface area (Å²) in [6.45, 7) is 0. The Labute approximate surface area is 98.8 Å². The predicted molar refractivity (Wildman–Crippen MR) is 59.5 cm³/mol. The number of hydrogen-bond acceptors (Lipinski definition) is 4. The molecule has 0 radical (unpaired) electrons. The largest absolute Gasteiger partial charge is 0.298 e. The van der Waals surface area contributed by atoms with Crippen molar-refractivity contribution in [3.8, 4) is 0 Å². The summed E-state index contributed by atoms with van der Waals surface area (Å²) in [6.07, 6.45) is 4.97. The second kappa shape index (κ2) is 4.61. The Morgan fingerprint density at radius 2 is 1.88 bits per heavy atom. The van der Waals surface area contributed by atoms with Crippen molar-refractivity contribution in [1.29, 1.82) is 0 Å². The van der Waals surface area contributed by atoms with Crippen LogP contribution < -0.4 is 0 Å². The van der Waals surface area contributed by atoms with Gasteiger partial charge in [-0.1, -0.05) is 0 Å². The lowest BCUT2D eigenvalue weighted by Gasteiger charge is -2.08. The van der Waals surface area contributed by atoms with E-state index in [2.05, 4.69) is 5.10 Å². The first-order valence-electron chi connectivity index (χ1n) is 5.68. The summed E-state index contributed by atoms with van der Waals surface area (Å²) in [7, 11) is 1.69. The van der Waals surface area contributed by atoms with Gasteiger partial charge in [0.1, 0.15) is 5.92 Å². The third-order valence-corrected chi connectivity index (χ3v) is 2.99. The van der Waals surface area contributed by atoms with Crippen molar-refractivity contribution >= 4 is 17.3 Å². The monoisotopic (exact) mass is 234 g/mol. The lowest BCUT2D eigenvalue weighted by Crippen LogP contribution is -2.30. The van der Waals surface area contributed by atoms with Gasteiger partial charge in [0.25, 0.3) is 0 Å². The molecule has 0 bridgehead atoms. The molecule has 90 valence electrons. The van der Waals surface area contributed by atoms with Gasteiger partial charge in [-0.25, -0.2) is 0 Å². The normalized spacial score (nSPS) is 18.2. The van der Waals surface area contributed by atoms with Crippen molar-refractivity contribution in [2.24, 2.45) is 13.0 Å². The molecule has 1 aromatic heterocycles. The molecule has 0 spiro atoms. The summed E-state index contributed by atoms with van der Waals surface area (Å²) in [4.78, 5) is 35.6. The van der Waals surface area contributed by atoms with E-state index < -0.39 is 11.7 Å². The molecule has 2 rings (SSSR count). The second-order valence-electron chi connectivity index (χ2n) is 4.34. The van der Waals surface area contributed by atoms with Crippen LogP contribution in [0.5, 0.6) is 0 Å². The first-order chi connectivity index (χ1) is 8.09. The van der Waals surface area contributed by atoms with Crippen molar-refractivity contribution in [3.05, 3.63) is 18.0 Å². The van der Waals surface area contributed by atoms with Crippen molar-refractivity contribution in [2.45, 2.75) is 25.7 Å². The summed E-state index contributed by atoms with van der Waals surface area (Å²) < 4.78 is 1.49. The molecule has 1 aliphatic rings. The van der Waals surface area contributed by atoms with E-state index in [0.29, 0.717) is 31.2 Å². The van der Waals surface area contributed by atoms with E-state index in [4.69, 9.17) is 0 Å². The van der Waals surface area contributed by atoms with Crippen molar-refractivity contribution < 1.29 is 14.4 Å². The zero-order valence-electron chi connectivity index (χ0n) is 9.68. The number of nitrogens with zero attached hydrogens (tertiary/aromatic N) is 2.